The molecule has 0 aromatic heterocycles. The highest BCUT2D eigenvalue weighted by molar-refractivity contribution is 5.01. The second-order valence-electron chi connectivity index (χ2n) is 5.71. The van der Waals surface area contributed by atoms with Crippen LogP contribution in [0, 0.1) is 11.3 Å². The van der Waals surface area contributed by atoms with Gasteiger partial charge in [0.25, 0.3) is 0 Å². The van der Waals surface area contributed by atoms with Gasteiger partial charge in [-0.15, -0.1) is 0 Å². The predicted octanol–water partition coefficient (Wildman–Crippen LogP) is 5.98. The molecule has 0 aliphatic carbocycles. The highest BCUT2D eigenvalue weighted by Crippen LogP contribution is 2.35. The fraction of sp³-hybridized carbons (Fsp3) is 0.875. The van der Waals surface area contributed by atoms with Gasteiger partial charge >= 0.3 is 0 Å². The van der Waals surface area contributed by atoms with Gasteiger partial charge in [0.15, 0.2) is 0 Å². The Kier molecular flexibility index (Phi) is 7.80. The summed E-state index contributed by atoms with van der Waals surface area (Å²) in [7, 11) is 0. The summed E-state index contributed by atoms with van der Waals surface area (Å²) in [6.07, 6.45) is 10.3. The fourth-order valence-corrected chi connectivity index (χ4v) is 2.40. The molecule has 0 aliphatic rings. The standard InChI is InChI=1S/C16H32/c1-7-10-14(4)15(5)11-13-16(6,9-3)12-8-2/h10,15H,7-9,11-13H2,1-6H3/b14-10+. The van der Waals surface area contributed by atoms with Crippen LogP contribution in [-0.2, 0) is 0 Å². The Labute approximate surface area is 104 Å². The van der Waals surface area contributed by atoms with Crippen molar-refractivity contribution >= 4 is 0 Å². The lowest BCUT2D eigenvalue weighted by atomic mass is 9.76. The lowest BCUT2D eigenvalue weighted by Crippen LogP contribution is -2.16. The highest BCUT2D eigenvalue weighted by Gasteiger charge is 2.21. The van der Waals surface area contributed by atoms with Gasteiger partial charge in [-0.3, -0.25) is 0 Å². The average molecular weight is 224 g/mol. The third-order valence-corrected chi connectivity index (χ3v) is 4.19. The van der Waals surface area contributed by atoms with E-state index in [0.717, 1.165) is 5.92 Å². The molecule has 2 atom stereocenters. The van der Waals surface area contributed by atoms with Crippen molar-refractivity contribution in [2.45, 2.75) is 80.1 Å². The Balaban J connectivity index is 4.16. The summed E-state index contributed by atoms with van der Waals surface area (Å²) < 4.78 is 0. The number of hydrogen-bond acceptors (Lipinski definition) is 0. The summed E-state index contributed by atoms with van der Waals surface area (Å²) in [4.78, 5) is 0. The molecule has 0 rings (SSSR count). The molecule has 0 amide bonds. The maximum atomic E-state index is 2.46. The zero-order chi connectivity index (χ0) is 12.6. The van der Waals surface area contributed by atoms with Crippen LogP contribution in [0.25, 0.3) is 0 Å². The third-order valence-electron chi connectivity index (χ3n) is 4.19. The number of hydrogen-bond donors (Lipinski definition) is 0. The molecule has 0 heteroatoms. The first-order chi connectivity index (χ1) is 7.49. The van der Waals surface area contributed by atoms with Crippen LogP contribution in [0.4, 0.5) is 0 Å². The van der Waals surface area contributed by atoms with Gasteiger partial charge in [0.1, 0.15) is 0 Å². The zero-order valence-corrected chi connectivity index (χ0v) is 12.4. The SMILES string of the molecule is CC/C=C(\C)C(C)CCC(C)(CC)CCC. The van der Waals surface area contributed by atoms with E-state index in [0.29, 0.717) is 5.41 Å². The van der Waals surface area contributed by atoms with E-state index in [2.05, 4.69) is 47.6 Å². The lowest BCUT2D eigenvalue weighted by molar-refractivity contribution is 0.241. The summed E-state index contributed by atoms with van der Waals surface area (Å²) in [6.45, 7) is 14.0. The minimum absolute atomic E-state index is 0.579. The second kappa shape index (κ2) is 7.92. The molecule has 0 nitrogen and oxygen atoms in total. The van der Waals surface area contributed by atoms with E-state index in [1.165, 1.54) is 38.5 Å². The maximum absolute atomic E-state index is 2.46. The molecule has 0 saturated heterocycles. The van der Waals surface area contributed by atoms with E-state index in [1.54, 1.807) is 5.57 Å². The summed E-state index contributed by atoms with van der Waals surface area (Å²) in [6, 6.07) is 0. The first-order valence-corrected chi connectivity index (χ1v) is 7.15. The molecule has 0 saturated carbocycles. The van der Waals surface area contributed by atoms with Crippen LogP contribution in [0.5, 0.6) is 0 Å². The quantitative estimate of drug-likeness (QED) is 0.445. The Hall–Kier alpha value is -0.260. The van der Waals surface area contributed by atoms with E-state index >= 15 is 0 Å². The van der Waals surface area contributed by atoms with Crippen LogP contribution in [0.3, 0.4) is 0 Å². The Bertz CT molecular complexity index is 202. The fourth-order valence-electron chi connectivity index (χ4n) is 2.40. The minimum atomic E-state index is 0.579. The maximum Gasteiger partial charge on any atom is -0.0234 e. The van der Waals surface area contributed by atoms with Crippen LogP contribution in [0.15, 0.2) is 11.6 Å². The van der Waals surface area contributed by atoms with Crippen molar-refractivity contribution in [2.24, 2.45) is 11.3 Å². The molecule has 0 aliphatic heterocycles. The Morgan fingerprint density at radius 1 is 1.19 bits per heavy atom. The Morgan fingerprint density at radius 3 is 2.25 bits per heavy atom. The van der Waals surface area contributed by atoms with Crippen molar-refractivity contribution in [1.29, 1.82) is 0 Å². The van der Waals surface area contributed by atoms with Crippen molar-refractivity contribution in [1.82, 2.24) is 0 Å². The molecule has 96 valence electrons. The van der Waals surface area contributed by atoms with E-state index in [-0.39, 0.29) is 0 Å². The first kappa shape index (κ1) is 15.7. The topological polar surface area (TPSA) is 0 Å². The van der Waals surface area contributed by atoms with Crippen LogP contribution >= 0.6 is 0 Å². The van der Waals surface area contributed by atoms with Gasteiger partial charge in [-0.1, -0.05) is 59.1 Å². The smallest absolute Gasteiger partial charge is 0.0234 e. The second-order valence-corrected chi connectivity index (χ2v) is 5.71. The molecule has 0 radical (unpaired) electrons. The lowest BCUT2D eigenvalue weighted by Gasteiger charge is -2.29. The summed E-state index contributed by atoms with van der Waals surface area (Å²) in [5.41, 5.74) is 2.16. The molecular weight excluding hydrogens is 192 g/mol. The summed E-state index contributed by atoms with van der Waals surface area (Å²) in [5.74, 6) is 0.766. The van der Waals surface area contributed by atoms with Crippen molar-refractivity contribution < 1.29 is 0 Å². The molecule has 2 unspecified atom stereocenters. The average Bonchev–Trinajstić information content (AvgIpc) is 2.26. The van der Waals surface area contributed by atoms with Gasteiger partial charge < -0.3 is 0 Å². The third kappa shape index (κ3) is 5.72. The highest BCUT2D eigenvalue weighted by atomic mass is 14.3. The van der Waals surface area contributed by atoms with Gasteiger partial charge in [0, 0.05) is 0 Å². The van der Waals surface area contributed by atoms with Crippen LogP contribution in [0.1, 0.15) is 80.1 Å². The normalized spacial score (nSPS) is 18.2. The molecule has 0 spiro atoms. The van der Waals surface area contributed by atoms with E-state index in [1.807, 2.05) is 0 Å². The minimum Gasteiger partial charge on any atom is -0.0856 e. The van der Waals surface area contributed by atoms with E-state index in [4.69, 9.17) is 0 Å². The van der Waals surface area contributed by atoms with Gasteiger partial charge in [-0.05, 0) is 43.9 Å². The molecular formula is C16H32. The van der Waals surface area contributed by atoms with E-state index in [9.17, 15) is 0 Å². The van der Waals surface area contributed by atoms with Crippen molar-refractivity contribution in [2.75, 3.05) is 0 Å². The predicted molar refractivity (Wildman–Crippen MR) is 75.8 cm³/mol. The molecule has 16 heavy (non-hydrogen) atoms. The molecule has 0 fully saturated rings. The van der Waals surface area contributed by atoms with E-state index < -0.39 is 0 Å². The monoisotopic (exact) mass is 224 g/mol. The van der Waals surface area contributed by atoms with Gasteiger partial charge in [0.05, 0.1) is 0 Å². The number of allylic oxidation sites excluding steroid dienone is 2. The van der Waals surface area contributed by atoms with Crippen LogP contribution < -0.4 is 0 Å². The molecule has 0 aromatic carbocycles. The van der Waals surface area contributed by atoms with Gasteiger partial charge in [-0.2, -0.15) is 0 Å². The van der Waals surface area contributed by atoms with Crippen molar-refractivity contribution in [3.05, 3.63) is 11.6 Å². The van der Waals surface area contributed by atoms with Crippen LogP contribution in [-0.4, -0.2) is 0 Å². The summed E-state index contributed by atoms with van der Waals surface area (Å²) in [5, 5.41) is 0. The van der Waals surface area contributed by atoms with Gasteiger partial charge in [-0.25, -0.2) is 0 Å². The first-order valence-electron chi connectivity index (χ1n) is 7.15. The molecule has 0 heterocycles. The van der Waals surface area contributed by atoms with Crippen LogP contribution in [0.2, 0.25) is 0 Å². The summed E-state index contributed by atoms with van der Waals surface area (Å²) >= 11 is 0. The van der Waals surface area contributed by atoms with Gasteiger partial charge in [0.2, 0.25) is 0 Å². The molecule has 0 N–H and O–H groups in total. The Morgan fingerprint density at radius 2 is 1.81 bits per heavy atom. The number of rotatable bonds is 8. The van der Waals surface area contributed by atoms with Crippen molar-refractivity contribution in [3.63, 3.8) is 0 Å². The zero-order valence-electron chi connectivity index (χ0n) is 12.4. The van der Waals surface area contributed by atoms with Crippen molar-refractivity contribution in [3.8, 4) is 0 Å². The molecule has 0 bridgehead atoms. The largest absolute Gasteiger partial charge is 0.0856 e. The molecule has 0 aromatic rings.